The van der Waals surface area contributed by atoms with Gasteiger partial charge in [-0.3, -0.25) is 0 Å². The van der Waals surface area contributed by atoms with Crippen molar-refractivity contribution >= 4 is 0 Å². The van der Waals surface area contributed by atoms with E-state index < -0.39 is 0 Å². The van der Waals surface area contributed by atoms with Gasteiger partial charge in [0.05, 0.1) is 12.0 Å². The maximum absolute atomic E-state index is 5.16. The van der Waals surface area contributed by atoms with Gasteiger partial charge >= 0.3 is 0 Å². The highest BCUT2D eigenvalue weighted by molar-refractivity contribution is 5.34. The Kier molecular flexibility index (Phi) is 3.83. The lowest BCUT2D eigenvalue weighted by molar-refractivity contribution is 0.392. The summed E-state index contributed by atoms with van der Waals surface area (Å²) in [6, 6.07) is 8.43. The van der Waals surface area contributed by atoms with Crippen molar-refractivity contribution in [2.24, 2.45) is 0 Å². The first-order chi connectivity index (χ1) is 10.2. The molecule has 0 aliphatic rings. The molecular weight excluding hydrogens is 264 g/mol. The number of nitrogens with zero attached hydrogens (tertiary/aromatic N) is 3. The number of nitrogens with one attached hydrogen (secondary N) is 1. The third-order valence-corrected chi connectivity index (χ3v) is 3.55. The molecule has 2 aromatic heterocycles. The molecule has 0 fully saturated rings. The minimum Gasteiger partial charge on any atom is -0.361 e. The van der Waals surface area contributed by atoms with E-state index in [2.05, 4.69) is 39.7 Å². The molecule has 3 rings (SSSR count). The minimum absolute atomic E-state index is 0.768. The van der Waals surface area contributed by atoms with Crippen LogP contribution in [0.2, 0.25) is 0 Å². The zero-order chi connectivity index (χ0) is 14.7. The van der Waals surface area contributed by atoms with Crippen molar-refractivity contribution in [3.05, 3.63) is 65.6 Å². The Balaban J connectivity index is 1.59. The average Bonchev–Trinajstić information content (AvgIpc) is 3.13. The predicted octanol–water partition coefficient (Wildman–Crippen LogP) is 2.77. The lowest BCUT2D eigenvalue weighted by Crippen LogP contribution is -2.13. The summed E-state index contributed by atoms with van der Waals surface area (Å²) in [5, 5.41) is 7.38. The van der Waals surface area contributed by atoms with E-state index in [0.29, 0.717) is 0 Å². The summed E-state index contributed by atoms with van der Waals surface area (Å²) >= 11 is 0. The van der Waals surface area contributed by atoms with Crippen molar-refractivity contribution in [3.8, 4) is 5.69 Å². The molecule has 21 heavy (non-hydrogen) atoms. The van der Waals surface area contributed by atoms with E-state index in [1.165, 1.54) is 5.56 Å². The third-order valence-electron chi connectivity index (χ3n) is 3.55. The van der Waals surface area contributed by atoms with Crippen LogP contribution in [0, 0.1) is 13.8 Å². The van der Waals surface area contributed by atoms with Crippen molar-refractivity contribution in [2.45, 2.75) is 26.9 Å². The molecule has 5 heteroatoms. The summed E-state index contributed by atoms with van der Waals surface area (Å²) in [5.74, 6) is 0.885. The van der Waals surface area contributed by atoms with Crippen molar-refractivity contribution < 1.29 is 4.52 Å². The van der Waals surface area contributed by atoms with Gasteiger partial charge in [-0.2, -0.15) is 0 Å². The van der Waals surface area contributed by atoms with Crippen LogP contribution in [0.5, 0.6) is 0 Å². The summed E-state index contributed by atoms with van der Waals surface area (Å²) in [5.41, 5.74) is 4.45. The Labute approximate surface area is 123 Å². The SMILES string of the molecule is Cc1noc(C)c1CNCc1ccc(-n2ccnc2)cc1. The summed E-state index contributed by atoms with van der Waals surface area (Å²) in [6.45, 7) is 5.49. The van der Waals surface area contributed by atoms with Crippen LogP contribution in [-0.4, -0.2) is 14.7 Å². The van der Waals surface area contributed by atoms with Crippen molar-refractivity contribution in [2.75, 3.05) is 0 Å². The fourth-order valence-corrected chi connectivity index (χ4v) is 2.28. The zero-order valence-electron chi connectivity index (χ0n) is 12.2. The van der Waals surface area contributed by atoms with E-state index in [4.69, 9.17) is 4.52 Å². The van der Waals surface area contributed by atoms with Crippen LogP contribution in [0.1, 0.15) is 22.6 Å². The van der Waals surface area contributed by atoms with E-state index >= 15 is 0 Å². The van der Waals surface area contributed by atoms with Crippen LogP contribution in [-0.2, 0) is 13.1 Å². The van der Waals surface area contributed by atoms with Gasteiger partial charge in [-0.05, 0) is 31.5 Å². The largest absolute Gasteiger partial charge is 0.361 e. The van der Waals surface area contributed by atoms with Gasteiger partial charge in [-0.15, -0.1) is 0 Å². The molecule has 0 saturated heterocycles. The standard InChI is InChI=1S/C16H18N4O/c1-12-16(13(2)21-19-12)10-18-9-14-3-5-15(6-4-14)20-8-7-17-11-20/h3-8,11,18H,9-10H2,1-2H3. The van der Waals surface area contributed by atoms with Gasteiger partial charge in [0.2, 0.25) is 0 Å². The van der Waals surface area contributed by atoms with Gasteiger partial charge in [-0.1, -0.05) is 17.3 Å². The molecule has 0 aliphatic heterocycles. The molecule has 2 heterocycles. The monoisotopic (exact) mass is 282 g/mol. The fraction of sp³-hybridized carbons (Fsp3) is 0.250. The van der Waals surface area contributed by atoms with Crippen LogP contribution in [0.3, 0.4) is 0 Å². The van der Waals surface area contributed by atoms with Crippen LogP contribution < -0.4 is 5.32 Å². The Morgan fingerprint density at radius 2 is 1.95 bits per heavy atom. The second kappa shape index (κ2) is 5.93. The first-order valence-corrected chi connectivity index (χ1v) is 6.94. The molecule has 0 aliphatic carbocycles. The molecule has 3 aromatic rings. The number of rotatable bonds is 5. The summed E-state index contributed by atoms with van der Waals surface area (Å²) in [4.78, 5) is 4.05. The van der Waals surface area contributed by atoms with Crippen LogP contribution in [0.4, 0.5) is 0 Å². The number of hydrogen-bond acceptors (Lipinski definition) is 4. The summed E-state index contributed by atoms with van der Waals surface area (Å²) < 4.78 is 7.14. The first-order valence-electron chi connectivity index (χ1n) is 6.94. The van der Waals surface area contributed by atoms with Gasteiger partial charge in [0.15, 0.2) is 0 Å². The first kappa shape index (κ1) is 13.6. The molecule has 0 atom stereocenters. The Morgan fingerprint density at radius 3 is 2.57 bits per heavy atom. The Bertz CT molecular complexity index is 679. The number of aryl methyl sites for hydroxylation is 2. The second-order valence-electron chi connectivity index (χ2n) is 5.04. The zero-order valence-corrected chi connectivity index (χ0v) is 12.2. The van der Waals surface area contributed by atoms with E-state index in [1.807, 2.05) is 24.6 Å². The van der Waals surface area contributed by atoms with E-state index in [1.54, 1.807) is 12.5 Å². The molecule has 0 radical (unpaired) electrons. The Hall–Kier alpha value is -2.40. The highest BCUT2D eigenvalue weighted by Gasteiger charge is 2.07. The molecule has 0 bridgehead atoms. The highest BCUT2D eigenvalue weighted by atomic mass is 16.5. The topological polar surface area (TPSA) is 55.9 Å². The third kappa shape index (κ3) is 3.03. The lowest BCUT2D eigenvalue weighted by atomic mass is 10.2. The quantitative estimate of drug-likeness (QED) is 0.782. The number of imidazole rings is 1. The van der Waals surface area contributed by atoms with E-state index in [-0.39, 0.29) is 0 Å². The lowest BCUT2D eigenvalue weighted by Gasteiger charge is -2.06. The number of hydrogen-bond donors (Lipinski definition) is 1. The average molecular weight is 282 g/mol. The normalized spacial score (nSPS) is 11.0. The number of benzene rings is 1. The maximum atomic E-state index is 5.16. The smallest absolute Gasteiger partial charge is 0.138 e. The molecule has 0 saturated carbocycles. The summed E-state index contributed by atoms with van der Waals surface area (Å²) in [6.07, 6.45) is 5.51. The second-order valence-corrected chi connectivity index (χ2v) is 5.04. The minimum atomic E-state index is 0.768. The van der Waals surface area contributed by atoms with Gasteiger partial charge in [0.1, 0.15) is 5.76 Å². The van der Waals surface area contributed by atoms with Gasteiger partial charge in [-0.25, -0.2) is 4.98 Å². The molecule has 5 nitrogen and oxygen atoms in total. The van der Waals surface area contributed by atoms with Crippen molar-refractivity contribution in [1.29, 1.82) is 0 Å². The van der Waals surface area contributed by atoms with E-state index in [0.717, 1.165) is 35.8 Å². The van der Waals surface area contributed by atoms with Crippen molar-refractivity contribution in [3.63, 3.8) is 0 Å². The summed E-state index contributed by atoms with van der Waals surface area (Å²) in [7, 11) is 0. The molecule has 1 aromatic carbocycles. The van der Waals surface area contributed by atoms with Gasteiger partial charge in [0.25, 0.3) is 0 Å². The highest BCUT2D eigenvalue weighted by Crippen LogP contribution is 2.12. The molecule has 1 N–H and O–H groups in total. The molecular formula is C16H18N4O. The van der Waals surface area contributed by atoms with Crippen LogP contribution in [0.25, 0.3) is 5.69 Å². The molecule has 0 unspecified atom stereocenters. The van der Waals surface area contributed by atoms with Gasteiger partial charge in [0, 0.05) is 36.7 Å². The predicted molar refractivity (Wildman–Crippen MR) is 80.1 cm³/mol. The maximum Gasteiger partial charge on any atom is 0.138 e. The van der Waals surface area contributed by atoms with Crippen LogP contribution in [0.15, 0.2) is 47.5 Å². The number of aromatic nitrogens is 3. The molecule has 108 valence electrons. The Morgan fingerprint density at radius 1 is 1.14 bits per heavy atom. The molecule has 0 amide bonds. The fourth-order valence-electron chi connectivity index (χ4n) is 2.28. The van der Waals surface area contributed by atoms with Crippen LogP contribution >= 0.6 is 0 Å². The van der Waals surface area contributed by atoms with Crippen molar-refractivity contribution in [1.82, 2.24) is 20.0 Å². The van der Waals surface area contributed by atoms with E-state index in [9.17, 15) is 0 Å². The van der Waals surface area contributed by atoms with Gasteiger partial charge < -0.3 is 14.4 Å². The molecule has 0 spiro atoms.